The second-order valence-electron chi connectivity index (χ2n) is 5.64. The van der Waals surface area contributed by atoms with Crippen LogP contribution in [0.2, 0.25) is 5.02 Å². The van der Waals surface area contributed by atoms with Crippen molar-refractivity contribution in [2.75, 3.05) is 12.8 Å². The minimum atomic E-state index is -0.447. The molecule has 1 aromatic carbocycles. The van der Waals surface area contributed by atoms with E-state index in [2.05, 4.69) is 4.98 Å². The van der Waals surface area contributed by atoms with Gasteiger partial charge in [0.05, 0.1) is 11.1 Å². The molecule has 5 nitrogen and oxygen atoms in total. The molecule has 0 spiro atoms. The second-order valence-corrected chi connectivity index (χ2v) is 7.88. The fourth-order valence-corrected chi connectivity index (χ4v) is 4.29. The van der Waals surface area contributed by atoms with Gasteiger partial charge in [0.2, 0.25) is 5.91 Å². The predicted molar refractivity (Wildman–Crippen MR) is 103 cm³/mol. The molecule has 3 aromatic rings. The Balaban J connectivity index is 1.71. The number of thiophene rings is 1. The zero-order valence-corrected chi connectivity index (χ0v) is 16.4. The van der Waals surface area contributed by atoms with E-state index in [0.717, 1.165) is 0 Å². The van der Waals surface area contributed by atoms with Gasteiger partial charge in [0, 0.05) is 31.2 Å². The molecule has 136 valence electrons. The maximum Gasteiger partial charge on any atom is 0.262 e. The van der Waals surface area contributed by atoms with E-state index in [-0.39, 0.29) is 34.4 Å². The number of fused-ring (bicyclic) bond motifs is 1. The molecule has 0 N–H and O–H groups in total. The van der Waals surface area contributed by atoms with Crippen molar-refractivity contribution in [3.63, 3.8) is 0 Å². The monoisotopic (exact) mass is 411 g/mol. The lowest BCUT2D eigenvalue weighted by Gasteiger charge is -2.18. The van der Waals surface area contributed by atoms with E-state index in [1.165, 1.54) is 44.7 Å². The number of hydrogen-bond acceptors (Lipinski definition) is 5. The topological polar surface area (TPSA) is 55.2 Å². The first kappa shape index (κ1) is 18.9. The Labute approximate surface area is 162 Å². The van der Waals surface area contributed by atoms with Gasteiger partial charge in [-0.1, -0.05) is 29.4 Å². The van der Waals surface area contributed by atoms with Crippen LogP contribution in [0.15, 0.2) is 39.6 Å². The highest BCUT2D eigenvalue weighted by atomic mass is 35.5. The van der Waals surface area contributed by atoms with E-state index < -0.39 is 5.82 Å². The van der Waals surface area contributed by atoms with Crippen molar-refractivity contribution in [1.82, 2.24) is 14.5 Å². The lowest BCUT2D eigenvalue weighted by atomic mass is 10.2. The van der Waals surface area contributed by atoms with Crippen LogP contribution in [-0.2, 0) is 18.4 Å². The fourth-order valence-electron chi connectivity index (χ4n) is 2.35. The van der Waals surface area contributed by atoms with Crippen LogP contribution in [0, 0.1) is 5.82 Å². The van der Waals surface area contributed by atoms with Gasteiger partial charge >= 0.3 is 0 Å². The van der Waals surface area contributed by atoms with E-state index in [1.54, 1.807) is 26.2 Å². The van der Waals surface area contributed by atoms with Crippen LogP contribution in [0.5, 0.6) is 0 Å². The number of hydrogen-bond donors (Lipinski definition) is 0. The molecule has 2 aromatic heterocycles. The number of carbonyl (C=O) groups excluding carboxylic acids is 1. The van der Waals surface area contributed by atoms with Crippen molar-refractivity contribution in [2.45, 2.75) is 11.7 Å². The summed E-state index contributed by atoms with van der Waals surface area (Å²) in [4.78, 5) is 31.1. The van der Waals surface area contributed by atoms with E-state index in [4.69, 9.17) is 11.6 Å². The first-order valence-electron chi connectivity index (χ1n) is 7.62. The summed E-state index contributed by atoms with van der Waals surface area (Å²) in [5, 5.41) is 3.13. The Bertz CT molecular complexity index is 1010. The van der Waals surface area contributed by atoms with Gasteiger partial charge in [0.25, 0.3) is 5.56 Å². The molecule has 3 rings (SSSR count). The van der Waals surface area contributed by atoms with E-state index >= 15 is 0 Å². The number of nitrogens with zero attached hydrogens (tertiary/aromatic N) is 3. The zero-order valence-electron chi connectivity index (χ0n) is 14.0. The molecule has 0 atom stereocenters. The molecule has 26 heavy (non-hydrogen) atoms. The van der Waals surface area contributed by atoms with Crippen LogP contribution in [-0.4, -0.2) is 33.2 Å². The predicted octanol–water partition coefficient (Wildman–Crippen LogP) is 3.54. The minimum absolute atomic E-state index is 0.0707. The second kappa shape index (κ2) is 7.77. The van der Waals surface area contributed by atoms with Gasteiger partial charge < -0.3 is 4.90 Å². The smallest absolute Gasteiger partial charge is 0.262 e. The van der Waals surface area contributed by atoms with E-state index in [9.17, 15) is 14.0 Å². The first-order valence-corrected chi connectivity index (χ1v) is 9.86. The summed E-state index contributed by atoms with van der Waals surface area (Å²) in [7, 11) is 3.21. The molecule has 0 fully saturated rings. The van der Waals surface area contributed by atoms with E-state index in [0.29, 0.717) is 15.4 Å². The summed E-state index contributed by atoms with van der Waals surface area (Å²) in [5.74, 6) is -0.577. The van der Waals surface area contributed by atoms with Gasteiger partial charge in [-0.3, -0.25) is 14.2 Å². The summed E-state index contributed by atoms with van der Waals surface area (Å²) >= 11 is 8.56. The summed E-state index contributed by atoms with van der Waals surface area (Å²) in [6, 6.07) is 6.15. The summed E-state index contributed by atoms with van der Waals surface area (Å²) in [5.41, 5.74) is 0.137. The molecule has 0 radical (unpaired) electrons. The molecule has 0 saturated heterocycles. The van der Waals surface area contributed by atoms with Crippen LogP contribution in [0.3, 0.4) is 0 Å². The first-order chi connectivity index (χ1) is 12.4. The number of benzene rings is 1. The van der Waals surface area contributed by atoms with Gasteiger partial charge in [-0.15, -0.1) is 11.3 Å². The lowest BCUT2D eigenvalue weighted by Crippen LogP contribution is -2.29. The standard InChI is InChI=1S/C17H15ClFN3O2S2/c1-21(8-11-12(18)4-3-5-13(11)19)14(23)9-26-17-20-15-10(6-7-25-15)16(24)22(17)2/h3-7H,8-9H2,1-2H3. The number of carbonyl (C=O) groups is 1. The Kier molecular flexibility index (Phi) is 5.64. The number of rotatable bonds is 5. The molecule has 2 heterocycles. The third-order valence-electron chi connectivity index (χ3n) is 3.87. The van der Waals surface area contributed by atoms with Gasteiger partial charge in [0.1, 0.15) is 10.6 Å². The van der Waals surface area contributed by atoms with Crippen molar-refractivity contribution in [3.8, 4) is 0 Å². The van der Waals surface area contributed by atoms with Crippen molar-refractivity contribution < 1.29 is 9.18 Å². The number of amides is 1. The maximum atomic E-state index is 13.9. The van der Waals surface area contributed by atoms with E-state index in [1.807, 2.05) is 5.38 Å². The van der Waals surface area contributed by atoms with Crippen LogP contribution < -0.4 is 5.56 Å². The summed E-state index contributed by atoms with van der Waals surface area (Å²) < 4.78 is 15.3. The zero-order chi connectivity index (χ0) is 18.8. The molecular formula is C17H15ClFN3O2S2. The third-order valence-corrected chi connectivity index (χ3v) is 6.05. The average Bonchev–Trinajstić information content (AvgIpc) is 3.08. The Morgan fingerprint density at radius 3 is 2.92 bits per heavy atom. The van der Waals surface area contributed by atoms with Crippen LogP contribution in [0.25, 0.3) is 10.2 Å². The quantitative estimate of drug-likeness (QED) is 0.476. The normalized spacial score (nSPS) is 11.1. The highest BCUT2D eigenvalue weighted by molar-refractivity contribution is 7.99. The van der Waals surface area contributed by atoms with Crippen molar-refractivity contribution in [2.24, 2.45) is 7.05 Å². The molecule has 0 saturated carbocycles. The molecular weight excluding hydrogens is 397 g/mol. The molecule has 0 unspecified atom stereocenters. The number of thioether (sulfide) groups is 1. The Hall–Kier alpha value is -1.90. The third kappa shape index (κ3) is 3.77. The average molecular weight is 412 g/mol. The van der Waals surface area contributed by atoms with Crippen LogP contribution in [0.1, 0.15) is 5.56 Å². The highest BCUT2D eigenvalue weighted by Gasteiger charge is 2.16. The van der Waals surface area contributed by atoms with Crippen LogP contribution >= 0.6 is 34.7 Å². The number of halogens is 2. The molecule has 0 aliphatic carbocycles. The summed E-state index contributed by atoms with van der Waals surface area (Å²) in [6.07, 6.45) is 0. The SMILES string of the molecule is CN(Cc1c(F)cccc1Cl)C(=O)CSc1nc2sccc2c(=O)n1C. The van der Waals surface area contributed by atoms with Gasteiger partial charge in [-0.2, -0.15) is 0 Å². The molecule has 0 aliphatic rings. The van der Waals surface area contributed by atoms with Crippen molar-refractivity contribution >= 4 is 50.8 Å². The number of aromatic nitrogens is 2. The Morgan fingerprint density at radius 1 is 1.42 bits per heavy atom. The van der Waals surface area contributed by atoms with Gasteiger partial charge in [-0.05, 0) is 23.6 Å². The molecule has 9 heteroatoms. The largest absolute Gasteiger partial charge is 0.341 e. The lowest BCUT2D eigenvalue weighted by molar-refractivity contribution is -0.127. The van der Waals surface area contributed by atoms with Gasteiger partial charge in [-0.25, -0.2) is 9.37 Å². The Morgan fingerprint density at radius 2 is 2.19 bits per heavy atom. The van der Waals surface area contributed by atoms with Crippen LogP contribution in [0.4, 0.5) is 4.39 Å². The highest BCUT2D eigenvalue weighted by Crippen LogP contribution is 2.23. The molecule has 0 aliphatic heterocycles. The molecule has 1 amide bonds. The maximum absolute atomic E-state index is 13.9. The summed E-state index contributed by atoms with van der Waals surface area (Å²) in [6.45, 7) is 0.0707. The van der Waals surface area contributed by atoms with Crippen molar-refractivity contribution in [3.05, 3.63) is 56.4 Å². The van der Waals surface area contributed by atoms with Crippen molar-refractivity contribution in [1.29, 1.82) is 0 Å². The van der Waals surface area contributed by atoms with Gasteiger partial charge in [0.15, 0.2) is 5.16 Å². The minimum Gasteiger partial charge on any atom is -0.341 e. The fraction of sp³-hybridized carbons (Fsp3) is 0.235. The molecule has 0 bridgehead atoms.